The van der Waals surface area contributed by atoms with Crippen molar-refractivity contribution in [1.82, 2.24) is 4.57 Å². The first-order valence-corrected chi connectivity index (χ1v) is 8.86. The Bertz CT molecular complexity index is 944. The van der Waals surface area contributed by atoms with Crippen molar-refractivity contribution >= 4 is 40.1 Å². The fraction of sp³-hybridized carbons (Fsp3) is 0.250. The number of fused-ring (bicyclic) bond motifs is 1. The van der Waals surface area contributed by atoms with Gasteiger partial charge >= 0.3 is 5.97 Å². The third-order valence-electron chi connectivity index (χ3n) is 4.08. The molecule has 2 aromatic carbocycles. The van der Waals surface area contributed by atoms with E-state index in [1.807, 2.05) is 61.7 Å². The van der Waals surface area contributed by atoms with E-state index in [9.17, 15) is 4.79 Å². The average Bonchev–Trinajstić information content (AvgIpc) is 2.83. The monoisotopic (exact) mass is 375 g/mol. The maximum Gasteiger partial charge on any atom is 0.355 e. The van der Waals surface area contributed by atoms with Crippen LogP contribution >= 0.6 is 23.2 Å². The van der Waals surface area contributed by atoms with Crippen molar-refractivity contribution < 1.29 is 9.53 Å². The summed E-state index contributed by atoms with van der Waals surface area (Å²) in [6.07, 6.45) is -0.177. The topological polar surface area (TPSA) is 31.2 Å². The number of ether oxygens (including phenoxy) is 1. The molecule has 0 unspecified atom stereocenters. The van der Waals surface area contributed by atoms with Gasteiger partial charge in [0.1, 0.15) is 5.69 Å². The molecule has 0 spiro atoms. The normalized spacial score (nSPS) is 11.3. The number of carbonyl (C=O) groups is 1. The molecule has 0 saturated heterocycles. The van der Waals surface area contributed by atoms with Crippen LogP contribution < -0.4 is 0 Å². The molecule has 0 bridgehead atoms. The Kier molecular flexibility index (Phi) is 5.07. The summed E-state index contributed by atoms with van der Waals surface area (Å²) in [4.78, 5) is 12.7. The molecule has 25 heavy (non-hydrogen) atoms. The van der Waals surface area contributed by atoms with Crippen molar-refractivity contribution in [2.75, 3.05) is 0 Å². The molecule has 0 atom stereocenters. The third-order valence-corrected chi connectivity index (χ3v) is 4.82. The maximum atomic E-state index is 12.7. The zero-order chi connectivity index (χ0) is 18.1. The Morgan fingerprint density at radius 1 is 1.12 bits per heavy atom. The molecular formula is C20H19Cl2NO2. The van der Waals surface area contributed by atoms with Gasteiger partial charge in [0, 0.05) is 17.4 Å². The molecule has 1 aromatic heterocycles. The number of para-hydroxylation sites is 1. The lowest BCUT2D eigenvalue weighted by Gasteiger charge is -2.13. The second kappa shape index (κ2) is 7.11. The Morgan fingerprint density at radius 3 is 2.52 bits per heavy atom. The molecule has 3 rings (SSSR count). The van der Waals surface area contributed by atoms with E-state index in [0.29, 0.717) is 22.3 Å². The molecule has 3 aromatic rings. The fourth-order valence-corrected chi connectivity index (χ4v) is 3.32. The van der Waals surface area contributed by atoms with E-state index in [1.54, 1.807) is 6.07 Å². The number of nitrogens with zero attached hydrogens (tertiary/aromatic N) is 1. The van der Waals surface area contributed by atoms with Crippen LogP contribution in [0.4, 0.5) is 0 Å². The predicted molar refractivity (Wildman–Crippen MR) is 103 cm³/mol. The van der Waals surface area contributed by atoms with E-state index < -0.39 is 0 Å². The van der Waals surface area contributed by atoms with E-state index in [0.717, 1.165) is 22.0 Å². The molecule has 0 aliphatic rings. The Labute approximate surface area is 157 Å². The number of aromatic nitrogens is 1. The highest BCUT2D eigenvalue weighted by Gasteiger charge is 2.22. The first-order valence-electron chi connectivity index (χ1n) is 8.11. The second-order valence-corrected chi connectivity index (χ2v) is 7.09. The molecule has 0 N–H and O–H groups in total. The molecule has 130 valence electrons. The number of esters is 1. The van der Waals surface area contributed by atoms with Crippen molar-refractivity contribution in [2.24, 2.45) is 0 Å². The summed E-state index contributed by atoms with van der Waals surface area (Å²) >= 11 is 12.2. The number of aryl methyl sites for hydroxylation is 1. The lowest BCUT2D eigenvalue weighted by molar-refractivity contribution is 0.0365. The van der Waals surface area contributed by atoms with Crippen molar-refractivity contribution in [3.05, 3.63) is 69.3 Å². The molecular weight excluding hydrogens is 357 g/mol. The summed E-state index contributed by atoms with van der Waals surface area (Å²) in [6.45, 7) is 6.15. The molecule has 0 saturated carbocycles. The summed E-state index contributed by atoms with van der Waals surface area (Å²) in [7, 11) is 0. The second-order valence-electron chi connectivity index (χ2n) is 6.28. The van der Waals surface area contributed by atoms with Crippen LogP contribution in [0.5, 0.6) is 0 Å². The highest BCUT2D eigenvalue weighted by Crippen LogP contribution is 2.29. The first kappa shape index (κ1) is 17.8. The SMILES string of the molecule is Cc1c(C(=O)OC(C)C)n(Cc2ccc(Cl)c(Cl)c2)c2ccccc12. The molecule has 1 heterocycles. The number of hydrogen-bond donors (Lipinski definition) is 0. The molecule has 0 aliphatic heterocycles. The minimum Gasteiger partial charge on any atom is -0.458 e. The third kappa shape index (κ3) is 3.53. The van der Waals surface area contributed by atoms with Crippen molar-refractivity contribution in [3.8, 4) is 0 Å². The van der Waals surface area contributed by atoms with E-state index in [2.05, 4.69) is 0 Å². The fourth-order valence-electron chi connectivity index (χ4n) is 2.99. The highest BCUT2D eigenvalue weighted by atomic mass is 35.5. The van der Waals surface area contributed by atoms with E-state index in [1.165, 1.54) is 0 Å². The van der Waals surface area contributed by atoms with Gasteiger partial charge in [0.2, 0.25) is 0 Å². The lowest BCUT2D eigenvalue weighted by Crippen LogP contribution is -2.17. The van der Waals surface area contributed by atoms with Gasteiger partial charge < -0.3 is 9.30 Å². The number of benzene rings is 2. The minimum atomic E-state index is -0.316. The van der Waals surface area contributed by atoms with Crippen LogP contribution in [0, 0.1) is 6.92 Å². The minimum absolute atomic E-state index is 0.177. The smallest absolute Gasteiger partial charge is 0.355 e. The summed E-state index contributed by atoms with van der Waals surface area (Å²) in [5.74, 6) is -0.316. The van der Waals surface area contributed by atoms with Crippen LogP contribution in [0.25, 0.3) is 10.9 Å². The van der Waals surface area contributed by atoms with Gasteiger partial charge in [0.05, 0.1) is 16.1 Å². The van der Waals surface area contributed by atoms with Crippen LogP contribution in [-0.2, 0) is 11.3 Å². The number of halogens is 2. The summed E-state index contributed by atoms with van der Waals surface area (Å²) in [6, 6.07) is 13.5. The number of carbonyl (C=O) groups excluding carboxylic acids is 1. The van der Waals surface area contributed by atoms with Crippen LogP contribution in [0.1, 0.15) is 35.5 Å². The lowest BCUT2D eigenvalue weighted by atomic mass is 10.1. The van der Waals surface area contributed by atoms with Crippen LogP contribution in [0.15, 0.2) is 42.5 Å². The quantitative estimate of drug-likeness (QED) is 0.533. The van der Waals surface area contributed by atoms with E-state index >= 15 is 0 Å². The van der Waals surface area contributed by atoms with E-state index in [-0.39, 0.29) is 12.1 Å². The molecule has 0 amide bonds. The highest BCUT2D eigenvalue weighted by molar-refractivity contribution is 6.42. The summed E-state index contributed by atoms with van der Waals surface area (Å²) in [5, 5.41) is 2.05. The zero-order valence-corrected chi connectivity index (χ0v) is 15.9. The Morgan fingerprint density at radius 2 is 1.84 bits per heavy atom. The van der Waals surface area contributed by atoms with Crippen LogP contribution in [0.3, 0.4) is 0 Å². The molecule has 0 aliphatic carbocycles. The largest absolute Gasteiger partial charge is 0.458 e. The van der Waals surface area contributed by atoms with Gasteiger partial charge in [0.25, 0.3) is 0 Å². The predicted octanol–water partition coefficient (Wildman–Crippen LogP) is 5.87. The van der Waals surface area contributed by atoms with Crippen LogP contribution in [-0.4, -0.2) is 16.6 Å². The maximum absolute atomic E-state index is 12.7. The summed E-state index contributed by atoms with van der Waals surface area (Å²) in [5.41, 5.74) is 3.44. The standard InChI is InChI=1S/C20H19Cl2NO2/c1-12(2)25-20(24)19-13(3)15-6-4-5-7-18(15)23(19)11-14-8-9-16(21)17(22)10-14/h4-10,12H,11H2,1-3H3. The Hall–Kier alpha value is -1.97. The molecule has 5 heteroatoms. The summed E-state index contributed by atoms with van der Waals surface area (Å²) < 4.78 is 7.44. The van der Waals surface area contributed by atoms with Gasteiger partial charge in [-0.05, 0) is 50.1 Å². The number of rotatable bonds is 4. The molecule has 0 radical (unpaired) electrons. The first-order chi connectivity index (χ1) is 11.9. The van der Waals surface area contributed by atoms with Gasteiger partial charge in [-0.25, -0.2) is 4.79 Å². The van der Waals surface area contributed by atoms with Gasteiger partial charge in [-0.15, -0.1) is 0 Å². The van der Waals surface area contributed by atoms with Gasteiger partial charge in [-0.3, -0.25) is 0 Å². The van der Waals surface area contributed by atoms with Gasteiger partial charge in [-0.2, -0.15) is 0 Å². The van der Waals surface area contributed by atoms with Crippen molar-refractivity contribution in [1.29, 1.82) is 0 Å². The Balaban J connectivity index is 2.14. The average molecular weight is 376 g/mol. The van der Waals surface area contributed by atoms with Gasteiger partial charge in [0.15, 0.2) is 0 Å². The molecule has 0 fully saturated rings. The molecule has 3 nitrogen and oxygen atoms in total. The van der Waals surface area contributed by atoms with Gasteiger partial charge in [-0.1, -0.05) is 47.5 Å². The van der Waals surface area contributed by atoms with Crippen molar-refractivity contribution in [2.45, 2.75) is 33.4 Å². The van der Waals surface area contributed by atoms with Crippen molar-refractivity contribution in [3.63, 3.8) is 0 Å². The van der Waals surface area contributed by atoms with Crippen LogP contribution in [0.2, 0.25) is 10.0 Å². The zero-order valence-electron chi connectivity index (χ0n) is 14.3. The van der Waals surface area contributed by atoms with E-state index in [4.69, 9.17) is 27.9 Å². The number of hydrogen-bond acceptors (Lipinski definition) is 2.